The monoisotopic (exact) mass is 290 g/mol. The summed E-state index contributed by atoms with van der Waals surface area (Å²) in [5, 5.41) is 8.26. The Morgan fingerprint density at radius 1 is 1.19 bits per heavy atom. The Kier molecular flexibility index (Phi) is 4.65. The molecule has 1 aliphatic heterocycles. The highest BCUT2D eigenvalue weighted by Crippen LogP contribution is 2.26. The molecule has 1 atom stereocenters. The number of nitrogens with zero attached hydrogens (tertiary/aromatic N) is 3. The van der Waals surface area contributed by atoms with E-state index in [1.165, 1.54) is 68.7 Å². The molecule has 3 rings (SSSR count). The first-order valence-corrected chi connectivity index (χ1v) is 8.58. The van der Waals surface area contributed by atoms with Gasteiger partial charge in [-0.25, -0.2) is 0 Å². The third-order valence-electron chi connectivity index (χ3n) is 5.49. The zero-order valence-corrected chi connectivity index (χ0v) is 13.9. The molecule has 2 heterocycles. The van der Waals surface area contributed by atoms with E-state index in [1.54, 1.807) is 0 Å². The van der Waals surface area contributed by atoms with Crippen LogP contribution < -0.4 is 5.32 Å². The minimum absolute atomic E-state index is 0.658. The van der Waals surface area contributed by atoms with Crippen LogP contribution in [0, 0.1) is 19.8 Å². The SMILES string of the molecule is Cc1nn(C)c(C)c1CN[C@H]1CCN(CC2CCCC2)C1. The molecule has 0 unspecified atom stereocenters. The van der Waals surface area contributed by atoms with Crippen LogP contribution in [0.25, 0.3) is 0 Å². The van der Waals surface area contributed by atoms with Gasteiger partial charge >= 0.3 is 0 Å². The van der Waals surface area contributed by atoms with E-state index in [0.717, 1.165) is 12.5 Å². The molecule has 1 aromatic rings. The van der Waals surface area contributed by atoms with Crippen LogP contribution in [0.15, 0.2) is 0 Å². The number of rotatable bonds is 5. The van der Waals surface area contributed by atoms with Crippen LogP contribution in [0.1, 0.15) is 49.1 Å². The molecule has 118 valence electrons. The van der Waals surface area contributed by atoms with E-state index in [9.17, 15) is 0 Å². The summed E-state index contributed by atoms with van der Waals surface area (Å²) in [5.74, 6) is 0.978. The van der Waals surface area contributed by atoms with Gasteiger partial charge in [-0.15, -0.1) is 0 Å². The van der Waals surface area contributed by atoms with Crippen LogP contribution in [0.5, 0.6) is 0 Å². The van der Waals surface area contributed by atoms with Crippen molar-refractivity contribution < 1.29 is 0 Å². The van der Waals surface area contributed by atoms with Crippen LogP contribution in [-0.4, -0.2) is 40.4 Å². The first-order valence-electron chi connectivity index (χ1n) is 8.58. The molecule has 1 aromatic heterocycles. The molecule has 2 aliphatic rings. The summed E-state index contributed by atoms with van der Waals surface area (Å²) in [6.07, 6.45) is 7.13. The first kappa shape index (κ1) is 15.0. The normalized spacial score (nSPS) is 24.2. The average molecular weight is 290 g/mol. The van der Waals surface area contributed by atoms with Gasteiger partial charge in [-0.2, -0.15) is 5.10 Å². The second-order valence-electron chi connectivity index (χ2n) is 7.05. The van der Waals surface area contributed by atoms with Crippen molar-refractivity contribution in [3.8, 4) is 0 Å². The van der Waals surface area contributed by atoms with Crippen LogP contribution in [0.3, 0.4) is 0 Å². The lowest BCUT2D eigenvalue weighted by Crippen LogP contribution is -2.34. The molecule has 0 amide bonds. The fraction of sp³-hybridized carbons (Fsp3) is 0.824. The zero-order valence-electron chi connectivity index (χ0n) is 13.9. The zero-order chi connectivity index (χ0) is 14.8. The van der Waals surface area contributed by atoms with Crippen molar-refractivity contribution >= 4 is 0 Å². The summed E-state index contributed by atoms with van der Waals surface area (Å²) < 4.78 is 1.99. The number of aryl methyl sites for hydroxylation is 2. The minimum atomic E-state index is 0.658. The first-order chi connectivity index (χ1) is 10.1. The fourth-order valence-electron chi connectivity index (χ4n) is 4.04. The van der Waals surface area contributed by atoms with Crippen molar-refractivity contribution in [3.05, 3.63) is 17.0 Å². The summed E-state index contributed by atoms with van der Waals surface area (Å²) in [6, 6.07) is 0.658. The van der Waals surface area contributed by atoms with Gasteiger partial charge in [0.15, 0.2) is 0 Å². The van der Waals surface area contributed by atoms with Crippen molar-refractivity contribution in [1.29, 1.82) is 0 Å². The quantitative estimate of drug-likeness (QED) is 0.904. The van der Waals surface area contributed by atoms with E-state index in [1.807, 2.05) is 11.7 Å². The van der Waals surface area contributed by atoms with E-state index >= 15 is 0 Å². The molecule has 1 saturated heterocycles. The Bertz CT molecular complexity index is 473. The smallest absolute Gasteiger partial charge is 0.0641 e. The lowest BCUT2D eigenvalue weighted by atomic mass is 10.1. The van der Waals surface area contributed by atoms with Gasteiger partial charge in [-0.3, -0.25) is 4.68 Å². The molecule has 21 heavy (non-hydrogen) atoms. The third kappa shape index (κ3) is 3.49. The Balaban J connectivity index is 1.46. The molecule has 4 heteroatoms. The van der Waals surface area contributed by atoms with Crippen LogP contribution >= 0.6 is 0 Å². The third-order valence-corrected chi connectivity index (χ3v) is 5.49. The summed E-state index contributed by atoms with van der Waals surface area (Å²) in [4.78, 5) is 2.68. The highest BCUT2D eigenvalue weighted by atomic mass is 15.3. The molecular weight excluding hydrogens is 260 g/mol. The Labute approximate surface area is 128 Å². The number of nitrogens with one attached hydrogen (secondary N) is 1. The molecule has 1 N–H and O–H groups in total. The van der Waals surface area contributed by atoms with E-state index in [4.69, 9.17) is 0 Å². The predicted octanol–water partition coefficient (Wildman–Crippen LogP) is 2.39. The van der Waals surface area contributed by atoms with Crippen molar-refractivity contribution in [1.82, 2.24) is 20.0 Å². The topological polar surface area (TPSA) is 33.1 Å². The molecule has 2 fully saturated rings. The standard InChI is InChI=1S/C17H30N4/c1-13-17(14(2)20(3)19-13)10-18-16-8-9-21(12-16)11-15-6-4-5-7-15/h15-16,18H,4-12H2,1-3H3/t16-/m0/s1. The Hall–Kier alpha value is -0.870. The maximum Gasteiger partial charge on any atom is 0.0641 e. The van der Waals surface area contributed by atoms with Gasteiger partial charge in [-0.05, 0) is 45.6 Å². The van der Waals surface area contributed by atoms with Crippen LogP contribution in [-0.2, 0) is 13.6 Å². The molecular formula is C17H30N4. The van der Waals surface area contributed by atoms with Gasteiger partial charge in [0.05, 0.1) is 5.69 Å². The van der Waals surface area contributed by atoms with Gasteiger partial charge in [0.25, 0.3) is 0 Å². The fourth-order valence-corrected chi connectivity index (χ4v) is 4.04. The van der Waals surface area contributed by atoms with Gasteiger partial charge in [0, 0.05) is 44.0 Å². The summed E-state index contributed by atoms with van der Waals surface area (Å²) >= 11 is 0. The number of hydrogen-bond acceptors (Lipinski definition) is 3. The Morgan fingerprint density at radius 2 is 1.95 bits per heavy atom. The summed E-state index contributed by atoms with van der Waals surface area (Å²) in [6.45, 7) is 9.09. The van der Waals surface area contributed by atoms with E-state index in [-0.39, 0.29) is 0 Å². The summed E-state index contributed by atoms with van der Waals surface area (Å²) in [7, 11) is 2.03. The molecule has 4 nitrogen and oxygen atoms in total. The molecule has 0 aromatic carbocycles. The minimum Gasteiger partial charge on any atom is -0.308 e. The second kappa shape index (κ2) is 6.49. The number of aromatic nitrogens is 2. The van der Waals surface area contributed by atoms with Gasteiger partial charge in [0.1, 0.15) is 0 Å². The molecule has 0 spiro atoms. The van der Waals surface area contributed by atoms with Crippen molar-refractivity contribution in [2.24, 2.45) is 13.0 Å². The lowest BCUT2D eigenvalue weighted by Gasteiger charge is -2.20. The Morgan fingerprint density at radius 3 is 2.62 bits per heavy atom. The van der Waals surface area contributed by atoms with E-state index in [0.29, 0.717) is 6.04 Å². The maximum absolute atomic E-state index is 4.51. The predicted molar refractivity (Wildman–Crippen MR) is 86.3 cm³/mol. The van der Waals surface area contributed by atoms with Crippen molar-refractivity contribution in [2.45, 2.75) is 58.5 Å². The van der Waals surface area contributed by atoms with Crippen LogP contribution in [0.2, 0.25) is 0 Å². The highest BCUT2D eigenvalue weighted by Gasteiger charge is 2.26. The molecule has 0 radical (unpaired) electrons. The van der Waals surface area contributed by atoms with Gasteiger partial charge in [0.2, 0.25) is 0 Å². The van der Waals surface area contributed by atoms with Crippen LogP contribution in [0.4, 0.5) is 0 Å². The lowest BCUT2D eigenvalue weighted by molar-refractivity contribution is 0.273. The van der Waals surface area contributed by atoms with Gasteiger partial charge < -0.3 is 10.2 Å². The van der Waals surface area contributed by atoms with Crippen molar-refractivity contribution in [2.75, 3.05) is 19.6 Å². The second-order valence-corrected chi connectivity index (χ2v) is 7.05. The number of likely N-dealkylation sites (tertiary alicyclic amines) is 1. The molecule has 1 saturated carbocycles. The molecule has 0 bridgehead atoms. The van der Waals surface area contributed by atoms with Gasteiger partial charge in [-0.1, -0.05) is 12.8 Å². The van der Waals surface area contributed by atoms with E-state index in [2.05, 4.69) is 29.2 Å². The molecule has 1 aliphatic carbocycles. The highest BCUT2D eigenvalue weighted by molar-refractivity contribution is 5.24. The largest absolute Gasteiger partial charge is 0.308 e. The average Bonchev–Trinajstić information content (AvgIpc) is 3.15. The maximum atomic E-state index is 4.51. The van der Waals surface area contributed by atoms with Crippen molar-refractivity contribution in [3.63, 3.8) is 0 Å². The van der Waals surface area contributed by atoms with E-state index < -0.39 is 0 Å². The number of hydrogen-bond donors (Lipinski definition) is 1. The summed E-state index contributed by atoms with van der Waals surface area (Å²) in [5.41, 5.74) is 3.84.